The number of hydrogen-bond donors (Lipinski definition) is 2. The minimum atomic E-state index is -0.223. The van der Waals surface area contributed by atoms with E-state index < -0.39 is 0 Å². The van der Waals surface area contributed by atoms with Crippen LogP contribution in [-0.4, -0.2) is 35.4 Å². The number of carbonyl (C=O) groups is 1. The van der Waals surface area contributed by atoms with E-state index in [1.807, 2.05) is 36.4 Å². The third kappa shape index (κ3) is 4.69. The van der Waals surface area contributed by atoms with Crippen LogP contribution in [0.3, 0.4) is 0 Å². The Morgan fingerprint density at radius 3 is 2.75 bits per heavy atom. The molecule has 2 fully saturated rings. The molecule has 0 aliphatic carbocycles. The van der Waals surface area contributed by atoms with Crippen molar-refractivity contribution in [1.29, 1.82) is 0 Å². The van der Waals surface area contributed by atoms with Crippen LogP contribution < -0.4 is 10.6 Å². The molecule has 0 aromatic heterocycles. The number of nitrogens with zero attached hydrogens (tertiary/aromatic N) is 1. The van der Waals surface area contributed by atoms with E-state index in [4.69, 9.17) is 11.6 Å². The molecule has 0 saturated carbocycles. The fourth-order valence-electron chi connectivity index (χ4n) is 3.83. The lowest BCUT2D eigenvalue weighted by Crippen LogP contribution is -2.64. The Balaban J connectivity index is 1.31. The third-order valence-corrected chi connectivity index (χ3v) is 6.79. The first kappa shape index (κ1) is 19.7. The molecular formula is C21H23ClFN3OS. The molecular weight excluding hydrogens is 397 g/mol. The maximum absolute atomic E-state index is 13.1. The molecule has 0 radical (unpaired) electrons. The van der Waals surface area contributed by atoms with Crippen LogP contribution in [0.5, 0.6) is 0 Å². The molecule has 3 atom stereocenters. The first-order valence-corrected chi connectivity index (χ1v) is 10.9. The molecule has 2 N–H and O–H groups in total. The van der Waals surface area contributed by atoms with Crippen LogP contribution in [-0.2, 0) is 17.1 Å². The van der Waals surface area contributed by atoms with Crippen molar-refractivity contribution in [2.24, 2.45) is 5.92 Å². The molecule has 4 rings (SSSR count). The summed E-state index contributed by atoms with van der Waals surface area (Å²) in [4.78, 5) is 15.0. The predicted octanol–water partition coefficient (Wildman–Crippen LogP) is 3.61. The van der Waals surface area contributed by atoms with Gasteiger partial charge in [-0.25, -0.2) is 4.39 Å². The van der Waals surface area contributed by atoms with Crippen LogP contribution in [0, 0.1) is 11.7 Å². The van der Waals surface area contributed by atoms with Crippen molar-refractivity contribution in [2.75, 3.05) is 13.1 Å². The molecule has 2 heterocycles. The molecule has 28 heavy (non-hydrogen) atoms. The van der Waals surface area contributed by atoms with Gasteiger partial charge < -0.3 is 5.32 Å². The Bertz CT molecular complexity index is 835. The van der Waals surface area contributed by atoms with E-state index in [0.29, 0.717) is 6.54 Å². The Morgan fingerprint density at radius 2 is 1.96 bits per heavy atom. The summed E-state index contributed by atoms with van der Waals surface area (Å²) in [6, 6.07) is 14.6. The van der Waals surface area contributed by atoms with Gasteiger partial charge in [-0.1, -0.05) is 41.9 Å². The molecule has 3 unspecified atom stereocenters. The maximum atomic E-state index is 13.1. The Hall–Kier alpha value is -1.60. The molecule has 148 valence electrons. The first-order valence-electron chi connectivity index (χ1n) is 9.47. The summed E-state index contributed by atoms with van der Waals surface area (Å²) in [5, 5.41) is 7.42. The SMILES string of the molecule is O=C1NC(SCc2ccccc2Cl)NC2CCN(Cc3ccc(F)cc3)CC12. The zero-order valence-electron chi connectivity index (χ0n) is 15.4. The van der Waals surface area contributed by atoms with Crippen molar-refractivity contribution >= 4 is 29.3 Å². The molecule has 1 amide bonds. The van der Waals surface area contributed by atoms with Crippen molar-refractivity contribution in [3.63, 3.8) is 0 Å². The number of benzene rings is 2. The molecule has 2 saturated heterocycles. The minimum absolute atomic E-state index is 0.0636. The highest BCUT2D eigenvalue weighted by atomic mass is 35.5. The highest BCUT2D eigenvalue weighted by molar-refractivity contribution is 7.99. The van der Waals surface area contributed by atoms with Crippen molar-refractivity contribution in [1.82, 2.24) is 15.5 Å². The second kappa shape index (κ2) is 8.82. The molecule has 2 aromatic rings. The Morgan fingerprint density at radius 1 is 1.18 bits per heavy atom. The molecule has 2 aliphatic rings. The number of likely N-dealkylation sites (tertiary alicyclic amines) is 1. The van der Waals surface area contributed by atoms with Crippen molar-refractivity contribution in [3.05, 3.63) is 70.5 Å². The van der Waals surface area contributed by atoms with E-state index in [9.17, 15) is 9.18 Å². The van der Waals surface area contributed by atoms with Gasteiger partial charge in [0.2, 0.25) is 5.91 Å². The number of thioether (sulfide) groups is 1. The molecule has 4 nitrogen and oxygen atoms in total. The van der Waals surface area contributed by atoms with E-state index in [0.717, 1.165) is 41.4 Å². The normalized spacial score (nSPS) is 25.2. The number of rotatable bonds is 5. The van der Waals surface area contributed by atoms with Gasteiger partial charge in [0.05, 0.1) is 5.92 Å². The number of piperidine rings is 1. The number of fused-ring (bicyclic) bond motifs is 1. The topological polar surface area (TPSA) is 44.4 Å². The van der Waals surface area contributed by atoms with Crippen LogP contribution in [0.1, 0.15) is 17.5 Å². The van der Waals surface area contributed by atoms with E-state index in [2.05, 4.69) is 15.5 Å². The average Bonchev–Trinajstić information content (AvgIpc) is 2.70. The quantitative estimate of drug-likeness (QED) is 0.777. The third-order valence-electron chi connectivity index (χ3n) is 5.36. The molecule has 2 aromatic carbocycles. The fourth-order valence-corrected chi connectivity index (χ4v) is 5.18. The van der Waals surface area contributed by atoms with Gasteiger partial charge in [0.25, 0.3) is 0 Å². The largest absolute Gasteiger partial charge is 0.331 e. The van der Waals surface area contributed by atoms with E-state index in [-0.39, 0.29) is 29.2 Å². The molecule has 2 aliphatic heterocycles. The summed E-state index contributed by atoms with van der Waals surface area (Å²) in [6.07, 6.45) is 0.919. The summed E-state index contributed by atoms with van der Waals surface area (Å²) < 4.78 is 13.1. The van der Waals surface area contributed by atoms with Crippen LogP contribution >= 0.6 is 23.4 Å². The zero-order chi connectivity index (χ0) is 19.5. The number of halogens is 2. The number of nitrogens with one attached hydrogen (secondary N) is 2. The van der Waals surface area contributed by atoms with Gasteiger partial charge in [0.1, 0.15) is 11.3 Å². The maximum Gasteiger partial charge on any atom is 0.227 e. The fraction of sp³-hybridized carbons (Fsp3) is 0.381. The van der Waals surface area contributed by atoms with Gasteiger partial charge in [-0.2, -0.15) is 0 Å². The minimum Gasteiger partial charge on any atom is -0.331 e. The standard InChI is InChI=1S/C21H23ClFN3OS/c22-18-4-2-1-3-15(18)13-28-21-24-19-9-10-26(12-17(19)20(27)25-21)11-14-5-7-16(23)8-6-14/h1-8,17,19,21,24H,9-13H2,(H,25,27). The Kier molecular flexibility index (Phi) is 6.21. The van der Waals surface area contributed by atoms with Gasteiger partial charge in [0.15, 0.2) is 0 Å². The summed E-state index contributed by atoms with van der Waals surface area (Å²) in [7, 11) is 0. The smallest absolute Gasteiger partial charge is 0.227 e. The zero-order valence-corrected chi connectivity index (χ0v) is 17.0. The summed E-state index contributed by atoms with van der Waals surface area (Å²) in [6.45, 7) is 2.37. The summed E-state index contributed by atoms with van der Waals surface area (Å²) >= 11 is 7.88. The van der Waals surface area contributed by atoms with Gasteiger partial charge in [-0.3, -0.25) is 15.0 Å². The van der Waals surface area contributed by atoms with Crippen LogP contribution in [0.25, 0.3) is 0 Å². The molecule has 0 bridgehead atoms. The average molecular weight is 420 g/mol. The highest BCUT2D eigenvalue weighted by Gasteiger charge is 2.39. The van der Waals surface area contributed by atoms with Crippen molar-refractivity contribution < 1.29 is 9.18 Å². The van der Waals surface area contributed by atoms with Gasteiger partial charge in [-0.15, -0.1) is 11.8 Å². The second-order valence-corrected chi connectivity index (χ2v) is 8.82. The van der Waals surface area contributed by atoms with Gasteiger partial charge in [0, 0.05) is 36.5 Å². The lowest BCUT2D eigenvalue weighted by atomic mass is 9.89. The van der Waals surface area contributed by atoms with Crippen molar-refractivity contribution in [3.8, 4) is 0 Å². The van der Waals surface area contributed by atoms with E-state index >= 15 is 0 Å². The second-order valence-electron chi connectivity index (χ2n) is 7.32. The number of hydrogen-bond acceptors (Lipinski definition) is 4. The number of carbonyl (C=O) groups excluding carboxylic acids is 1. The monoisotopic (exact) mass is 419 g/mol. The molecule has 7 heteroatoms. The van der Waals surface area contributed by atoms with Crippen molar-refractivity contribution in [2.45, 2.75) is 30.3 Å². The lowest BCUT2D eigenvalue weighted by molar-refractivity contribution is -0.130. The van der Waals surface area contributed by atoms with Crippen LogP contribution in [0.2, 0.25) is 5.02 Å². The Labute approximate surface area is 173 Å². The number of amides is 1. The molecule has 0 spiro atoms. The summed E-state index contributed by atoms with van der Waals surface area (Å²) in [5.74, 6) is 0.556. The summed E-state index contributed by atoms with van der Waals surface area (Å²) in [5.41, 5.74) is 2.03. The van der Waals surface area contributed by atoms with Gasteiger partial charge >= 0.3 is 0 Å². The lowest BCUT2D eigenvalue weighted by Gasteiger charge is -2.43. The van der Waals surface area contributed by atoms with Crippen LogP contribution in [0.15, 0.2) is 48.5 Å². The van der Waals surface area contributed by atoms with Gasteiger partial charge in [-0.05, 0) is 35.7 Å². The van der Waals surface area contributed by atoms with Crippen LogP contribution in [0.4, 0.5) is 4.39 Å². The predicted molar refractivity (Wildman–Crippen MR) is 111 cm³/mol. The van der Waals surface area contributed by atoms with E-state index in [1.165, 1.54) is 12.1 Å². The highest BCUT2D eigenvalue weighted by Crippen LogP contribution is 2.27. The van der Waals surface area contributed by atoms with E-state index in [1.54, 1.807) is 11.8 Å². The first-order chi connectivity index (χ1) is 13.6.